The standard InChI is InChI=1S/C25H27N3O2/c29-25(19-5-6-22-23(13-19)27-15-26-22)28-9-1-2-20-21-12-17(16-7-10-30-11-8-16)3-4-18(21)14-24(20)28/h3-6,12-13,15-16,20,24H,1-2,7-11,14H2,(H,26,27). The molecule has 1 N–H and O–H groups in total. The number of fused-ring (bicyclic) bond motifs is 4. The van der Waals surface area contributed by atoms with Crippen LogP contribution in [0.1, 0.15) is 64.6 Å². The fourth-order valence-electron chi connectivity index (χ4n) is 5.81. The molecule has 1 aliphatic carbocycles. The van der Waals surface area contributed by atoms with E-state index in [0.717, 1.165) is 62.0 Å². The molecule has 2 fully saturated rings. The SMILES string of the molecule is O=C(c1ccc2nc[nH]c2c1)N1CCCC2c3cc(C4CCOCC4)ccc3CC21. The van der Waals surface area contributed by atoms with Crippen molar-refractivity contribution in [1.29, 1.82) is 0 Å². The summed E-state index contributed by atoms with van der Waals surface area (Å²) in [7, 11) is 0. The highest BCUT2D eigenvalue weighted by Gasteiger charge is 2.41. The molecule has 5 nitrogen and oxygen atoms in total. The van der Waals surface area contributed by atoms with Crippen LogP contribution in [0.3, 0.4) is 0 Å². The number of likely N-dealkylation sites (tertiary alicyclic amines) is 1. The number of nitrogens with one attached hydrogen (secondary N) is 1. The minimum atomic E-state index is 0.152. The summed E-state index contributed by atoms with van der Waals surface area (Å²) in [4.78, 5) is 23.0. The summed E-state index contributed by atoms with van der Waals surface area (Å²) in [5.74, 6) is 1.23. The van der Waals surface area contributed by atoms with Gasteiger partial charge in [-0.2, -0.15) is 0 Å². The molecule has 2 aliphatic heterocycles. The Kier molecular flexibility index (Phi) is 4.38. The van der Waals surface area contributed by atoms with Gasteiger partial charge in [-0.1, -0.05) is 18.2 Å². The first-order valence-electron chi connectivity index (χ1n) is 11.2. The highest BCUT2D eigenvalue weighted by Crippen LogP contribution is 2.44. The monoisotopic (exact) mass is 401 g/mol. The van der Waals surface area contributed by atoms with E-state index in [1.807, 2.05) is 18.2 Å². The molecule has 1 amide bonds. The molecule has 0 bridgehead atoms. The van der Waals surface area contributed by atoms with Crippen LogP contribution in [-0.2, 0) is 11.2 Å². The summed E-state index contributed by atoms with van der Waals surface area (Å²) in [5.41, 5.74) is 6.97. The maximum Gasteiger partial charge on any atom is 0.254 e. The van der Waals surface area contributed by atoms with Crippen LogP contribution in [0.15, 0.2) is 42.7 Å². The van der Waals surface area contributed by atoms with E-state index in [9.17, 15) is 4.79 Å². The molecule has 3 aromatic rings. The molecule has 0 radical (unpaired) electrons. The van der Waals surface area contributed by atoms with Crippen LogP contribution in [0.2, 0.25) is 0 Å². The Labute approximate surface area is 176 Å². The van der Waals surface area contributed by atoms with E-state index < -0.39 is 0 Å². The number of piperidine rings is 1. The smallest absolute Gasteiger partial charge is 0.254 e. The van der Waals surface area contributed by atoms with Crippen molar-refractivity contribution in [3.63, 3.8) is 0 Å². The van der Waals surface area contributed by atoms with Crippen LogP contribution in [0.5, 0.6) is 0 Å². The number of H-pyrrole nitrogens is 1. The number of aromatic nitrogens is 2. The number of benzene rings is 2. The summed E-state index contributed by atoms with van der Waals surface area (Å²) in [5, 5.41) is 0. The molecule has 1 aromatic heterocycles. The Balaban J connectivity index is 1.28. The topological polar surface area (TPSA) is 58.2 Å². The fraction of sp³-hybridized carbons (Fsp3) is 0.440. The van der Waals surface area contributed by atoms with Crippen molar-refractivity contribution in [2.75, 3.05) is 19.8 Å². The Bertz CT molecular complexity index is 1100. The lowest BCUT2D eigenvalue weighted by Crippen LogP contribution is -2.46. The summed E-state index contributed by atoms with van der Waals surface area (Å²) in [6.07, 6.45) is 7.14. The number of hydrogen-bond acceptors (Lipinski definition) is 3. The van der Waals surface area contributed by atoms with E-state index in [1.165, 1.54) is 23.1 Å². The summed E-state index contributed by atoms with van der Waals surface area (Å²) in [6.45, 7) is 2.59. The lowest BCUT2D eigenvalue weighted by atomic mass is 9.85. The average Bonchev–Trinajstić information content (AvgIpc) is 3.42. The van der Waals surface area contributed by atoms with Crippen molar-refractivity contribution in [3.05, 3.63) is 65.0 Å². The number of aromatic amines is 1. The second kappa shape index (κ2) is 7.24. The number of hydrogen-bond donors (Lipinski definition) is 1. The normalized spacial score (nSPS) is 24.1. The van der Waals surface area contributed by atoms with Crippen molar-refractivity contribution < 1.29 is 9.53 Å². The van der Waals surface area contributed by atoms with Crippen LogP contribution in [0, 0.1) is 0 Å². The molecule has 0 saturated carbocycles. The molecule has 2 atom stereocenters. The zero-order valence-electron chi connectivity index (χ0n) is 17.1. The summed E-state index contributed by atoms with van der Waals surface area (Å²) >= 11 is 0. The van der Waals surface area contributed by atoms with Crippen molar-refractivity contribution >= 4 is 16.9 Å². The Morgan fingerprint density at radius 2 is 2.00 bits per heavy atom. The molecule has 3 aliphatic rings. The predicted octanol–water partition coefficient (Wildman–Crippen LogP) is 4.40. The van der Waals surface area contributed by atoms with Crippen molar-refractivity contribution in [2.24, 2.45) is 0 Å². The number of imidazole rings is 1. The second-order valence-corrected chi connectivity index (χ2v) is 9.00. The minimum absolute atomic E-state index is 0.152. The molecule has 2 saturated heterocycles. The molecular formula is C25H27N3O2. The number of rotatable bonds is 2. The molecule has 0 spiro atoms. The van der Waals surface area contributed by atoms with E-state index in [0.29, 0.717) is 11.8 Å². The van der Waals surface area contributed by atoms with Crippen molar-refractivity contribution in [3.8, 4) is 0 Å². The van der Waals surface area contributed by atoms with Gasteiger partial charge in [0.05, 0.1) is 17.4 Å². The van der Waals surface area contributed by atoms with E-state index in [1.54, 1.807) is 6.33 Å². The van der Waals surface area contributed by atoms with Gasteiger partial charge in [0.25, 0.3) is 5.91 Å². The molecule has 30 heavy (non-hydrogen) atoms. The maximum absolute atomic E-state index is 13.5. The number of nitrogens with zero attached hydrogens (tertiary/aromatic N) is 2. The van der Waals surface area contributed by atoms with Gasteiger partial charge in [0.15, 0.2) is 0 Å². The molecular weight excluding hydrogens is 374 g/mol. The van der Waals surface area contributed by atoms with Crippen LogP contribution in [-0.4, -0.2) is 46.6 Å². The quantitative estimate of drug-likeness (QED) is 0.692. The first-order valence-corrected chi connectivity index (χ1v) is 11.2. The number of amides is 1. The molecule has 6 rings (SSSR count). The molecule has 3 heterocycles. The van der Waals surface area contributed by atoms with Crippen molar-refractivity contribution in [1.82, 2.24) is 14.9 Å². The minimum Gasteiger partial charge on any atom is -0.381 e. The van der Waals surface area contributed by atoms with Crippen LogP contribution >= 0.6 is 0 Å². The zero-order valence-corrected chi connectivity index (χ0v) is 17.1. The number of carbonyl (C=O) groups excluding carboxylic acids is 1. The molecule has 2 unspecified atom stereocenters. The van der Waals surface area contributed by atoms with Gasteiger partial charge in [0, 0.05) is 37.3 Å². The first kappa shape index (κ1) is 18.1. The Morgan fingerprint density at radius 3 is 2.90 bits per heavy atom. The van der Waals surface area contributed by atoms with Crippen LogP contribution in [0.4, 0.5) is 0 Å². The largest absolute Gasteiger partial charge is 0.381 e. The third-order valence-corrected chi connectivity index (χ3v) is 7.40. The Hall–Kier alpha value is -2.66. The highest BCUT2D eigenvalue weighted by molar-refractivity contribution is 5.97. The molecule has 5 heteroatoms. The van der Waals surface area contributed by atoms with Gasteiger partial charge in [0.2, 0.25) is 0 Å². The van der Waals surface area contributed by atoms with Crippen molar-refractivity contribution in [2.45, 2.75) is 50.0 Å². The highest BCUT2D eigenvalue weighted by atomic mass is 16.5. The molecule has 154 valence electrons. The molecule has 2 aromatic carbocycles. The lowest BCUT2D eigenvalue weighted by Gasteiger charge is -2.38. The lowest BCUT2D eigenvalue weighted by molar-refractivity contribution is 0.0595. The van der Waals surface area contributed by atoms with Gasteiger partial charge in [0.1, 0.15) is 0 Å². The van der Waals surface area contributed by atoms with E-state index in [2.05, 4.69) is 33.1 Å². The van der Waals surface area contributed by atoms with Gasteiger partial charge in [-0.3, -0.25) is 4.79 Å². The zero-order chi connectivity index (χ0) is 20.1. The van der Waals surface area contributed by atoms with Gasteiger partial charge < -0.3 is 14.6 Å². The third-order valence-electron chi connectivity index (χ3n) is 7.40. The fourth-order valence-corrected chi connectivity index (χ4v) is 5.81. The predicted molar refractivity (Wildman–Crippen MR) is 116 cm³/mol. The van der Waals surface area contributed by atoms with Crippen LogP contribution < -0.4 is 0 Å². The van der Waals surface area contributed by atoms with E-state index >= 15 is 0 Å². The third kappa shape index (κ3) is 2.95. The number of carbonyl (C=O) groups is 1. The average molecular weight is 402 g/mol. The summed E-state index contributed by atoms with van der Waals surface area (Å²) < 4.78 is 5.55. The van der Waals surface area contributed by atoms with Crippen LogP contribution in [0.25, 0.3) is 11.0 Å². The van der Waals surface area contributed by atoms with Gasteiger partial charge >= 0.3 is 0 Å². The summed E-state index contributed by atoms with van der Waals surface area (Å²) in [6, 6.07) is 13.2. The van der Waals surface area contributed by atoms with Gasteiger partial charge in [-0.25, -0.2) is 4.98 Å². The second-order valence-electron chi connectivity index (χ2n) is 9.00. The van der Waals surface area contributed by atoms with Gasteiger partial charge in [-0.15, -0.1) is 0 Å². The maximum atomic E-state index is 13.5. The Morgan fingerprint density at radius 1 is 1.10 bits per heavy atom. The van der Waals surface area contributed by atoms with E-state index in [4.69, 9.17) is 4.74 Å². The van der Waals surface area contributed by atoms with Gasteiger partial charge in [-0.05, 0) is 72.9 Å². The number of ether oxygens (including phenoxy) is 1. The first-order chi connectivity index (χ1) is 14.8. The van der Waals surface area contributed by atoms with E-state index in [-0.39, 0.29) is 11.9 Å².